The van der Waals surface area contributed by atoms with Crippen LogP contribution in [-0.4, -0.2) is 11.8 Å². The highest BCUT2D eigenvalue weighted by Gasteiger charge is 2.23. The van der Waals surface area contributed by atoms with E-state index >= 15 is 0 Å². The van der Waals surface area contributed by atoms with Gasteiger partial charge in [-0.2, -0.15) is 5.26 Å². The fourth-order valence-electron chi connectivity index (χ4n) is 2.76. The van der Waals surface area contributed by atoms with Crippen molar-refractivity contribution in [1.29, 1.82) is 5.26 Å². The molecule has 6 nitrogen and oxygen atoms in total. The summed E-state index contributed by atoms with van der Waals surface area (Å²) in [4.78, 5) is 25.7. The number of amides is 2. The van der Waals surface area contributed by atoms with Crippen molar-refractivity contribution in [1.82, 2.24) is 0 Å². The number of hydrogen-bond acceptors (Lipinski definition) is 5. The fraction of sp³-hybridized carbons (Fsp3) is 0.0455. The molecule has 0 saturated heterocycles. The molecular formula is C22H18N4O2. The van der Waals surface area contributed by atoms with Crippen LogP contribution in [0.5, 0.6) is 0 Å². The first-order valence-electron chi connectivity index (χ1n) is 8.56. The van der Waals surface area contributed by atoms with Gasteiger partial charge in [-0.3, -0.25) is 9.59 Å². The van der Waals surface area contributed by atoms with Crippen molar-refractivity contribution in [3.05, 3.63) is 78.5 Å². The van der Waals surface area contributed by atoms with E-state index in [0.717, 1.165) is 21.4 Å². The lowest BCUT2D eigenvalue weighted by molar-refractivity contribution is -0.123. The van der Waals surface area contributed by atoms with E-state index in [1.165, 1.54) is 13.1 Å². The van der Waals surface area contributed by atoms with Gasteiger partial charge < -0.3 is 11.1 Å². The second kappa shape index (κ2) is 8.06. The van der Waals surface area contributed by atoms with Gasteiger partial charge in [0.1, 0.15) is 11.6 Å². The third kappa shape index (κ3) is 4.00. The monoisotopic (exact) mass is 370 g/mol. The number of anilines is 3. The van der Waals surface area contributed by atoms with E-state index in [1.54, 1.807) is 24.3 Å². The number of nitrogen functional groups attached to an aromatic ring is 1. The van der Waals surface area contributed by atoms with Crippen molar-refractivity contribution in [2.75, 3.05) is 16.0 Å². The predicted molar refractivity (Wildman–Crippen MR) is 110 cm³/mol. The molecule has 3 N–H and O–H groups in total. The van der Waals surface area contributed by atoms with Crippen LogP contribution < -0.4 is 16.0 Å². The van der Waals surface area contributed by atoms with Gasteiger partial charge in [-0.05, 0) is 47.2 Å². The molecule has 6 heteroatoms. The van der Waals surface area contributed by atoms with Crippen molar-refractivity contribution < 1.29 is 9.59 Å². The number of nitrogens with one attached hydrogen (secondary N) is 1. The molecule has 2 amide bonds. The van der Waals surface area contributed by atoms with E-state index in [0.29, 0.717) is 11.4 Å². The Hall–Kier alpha value is -4.11. The Morgan fingerprint density at radius 2 is 1.71 bits per heavy atom. The summed E-state index contributed by atoms with van der Waals surface area (Å²) in [7, 11) is 0. The summed E-state index contributed by atoms with van der Waals surface area (Å²) in [6.07, 6.45) is 1.31. The van der Waals surface area contributed by atoms with Crippen LogP contribution >= 0.6 is 0 Å². The molecule has 0 saturated carbocycles. The maximum Gasteiger partial charge on any atom is 0.277 e. The molecule has 0 aliphatic heterocycles. The summed E-state index contributed by atoms with van der Waals surface area (Å²) in [6, 6.07) is 21.7. The molecule has 0 aromatic heterocycles. The van der Waals surface area contributed by atoms with Crippen LogP contribution in [0.1, 0.15) is 6.92 Å². The Morgan fingerprint density at radius 1 is 1.04 bits per heavy atom. The van der Waals surface area contributed by atoms with E-state index in [1.807, 2.05) is 48.5 Å². The number of hydrogen-bond donors (Lipinski definition) is 2. The van der Waals surface area contributed by atoms with Crippen molar-refractivity contribution in [3.8, 4) is 6.07 Å². The van der Waals surface area contributed by atoms with Gasteiger partial charge in [0.2, 0.25) is 5.91 Å². The van der Waals surface area contributed by atoms with Crippen LogP contribution in [0.3, 0.4) is 0 Å². The molecule has 28 heavy (non-hydrogen) atoms. The van der Waals surface area contributed by atoms with E-state index in [-0.39, 0.29) is 5.57 Å². The summed E-state index contributed by atoms with van der Waals surface area (Å²) in [5, 5.41) is 14.5. The third-order valence-corrected chi connectivity index (χ3v) is 4.15. The highest BCUT2D eigenvalue weighted by atomic mass is 16.2. The number of carbonyl (C=O) groups excluding carboxylic acids is 2. The highest BCUT2D eigenvalue weighted by molar-refractivity contribution is 6.21. The number of nitrogens with zero attached hydrogens (tertiary/aromatic N) is 2. The molecule has 0 bridgehead atoms. The second-order valence-electron chi connectivity index (χ2n) is 6.13. The summed E-state index contributed by atoms with van der Waals surface area (Å²) in [6.45, 7) is 1.26. The zero-order valence-corrected chi connectivity index (χ0v) is 15.2. The topological polar surface area (TPSA) is 99.2 Å². The summed E-state index contributed by atoms with van der Waals surface area (Å²) in [5.41, 5.74) is 7.04. The van der Waals surface area contributed by atoms with Gasteiger partial charge >= 0.3 is 0 Å². The number of nitriles is 1. The molecule has 0 radical (unpaired) electrons. The molecule has 0 spiro atoms. The van der Waals surface area contributed by atoms with Crippen LogP contribution in [0.2, 0.25) is 0 Å². The molecule has 0 aliphatic carbocycles. The maximum atomic E-state index is 12.8. The zero-order chi connectivity index (χ0) is 20.1. The van der Waals surface area contributed by atoms with Crippen LogP contribution in [0, 0.1) is 11.3 Å². The minimum absolute atomic E-state index is 0.194. The van der Waals surface area contributed by atoms with E-state index < -0.39 is 11.8 Å². The lowest BCUT2D eigenvalue weighted by Gasteiger charge is -2.19. The molecule has 0 heterocycles. The van der Waals surface area contributed by atoms with Gasteiger partial charge in [0.05, 0.1) is 5.69 Å². The van der Waals surface area contributed by atoms with Crippen molar-refractivity contribution >= 4 is 39.6 Å². The Kier molecular flexibility index (Phi) is 5.38. The number of imide groups is 1. The summed E-state index contributed by atoms with van der Waals surface area (Å²) in [5.74, 6) is -1.21. The van der Waals surface area contributed by atoms with Crippen molar-refractivity contribution in [3.63, 3.8) is 0 Å². The first-order chi connectivity index (χ1) is 13.5. The molecule has 3 rings (SSSR count). The van der Waals surface area contributed by atoms with Gasteiger partial charge in [0.25, 0.3) is 5.91 Å². The first-order valence-corrected chi connectivity index (χ1v) is 8.56. The molecule has 3 aromatic carbocycles. The standard InChI is InChI=1S/C22H18N4O2/c1-15(27)26(21-10-7-19(24)8-11-21)22(28)18(13-23)14-25-20-9-6-16-4-2-3-5-17(16)12-20/h2-12,14,25H,24H2,1H3/b18-14-. The molecular weight excluding hydrogens is 352 g/mol. The molecule has 0 atom stereocenters. The quantitative estimate of drug-likeness (QED) is 0.413. The molecule has 138 valence electrons. The number of carbonyl (C=O) groups is 2. The van der Waals surface area contributed by atoms with Crippen LogP contribution in [0.15, 0.2) is 78.5 Å². The Morgan fingerprint density at radius 3 is 2.36 bits per heavy atom. The van der Waals surface area contributed by atoms with Crippen LogP contribution in [-0.2, 0) is 9.59 Å². The van der Waals surface area contributed by atoms with Gasteiger partial charge in [-0.1, -0.05) is 30.3 Å². The Labute approximate surface area is 162 Å². The molecule has 0 aliphatic rings. The predicted octanol–water partition coefficient (Wildman–Crippen LogP) is 3.82. The van der Waals surface area contributed by atoms with Crippen molar-refractivity contribution in [2.24, 2.45) is 0 Å². The summed E-state index contributed by atoms with van der Waals surface area (Å²) >= 11 is 0. The lowest BCUT2D eigenvalue weighted by Crippen LogP contribution is -2.36. The van der Waals surface area contributed by atoms with E-state index in [2.05, 4.69) is 5.32 Å². The summed E-state index contributed by atoms with van der Waals surface area (Å²) < 4.78 is 0. The first kappa shape index (κ1) is 18.7. The van der Waals surface area contributed by atoms with E-state index in [9.17, 15) is 14.9 Å². The number of rotatable bonds is 4. The van der Waals surface area contributed by atoms with Gasteiger partial charge in [0.15, 0.2) is 0 Å². The minimum Gasteiger partial charge on any atom is -0.399 e. The number of nitrogens with two attached hydrogens (primary N) is 1. The van der Waals surface area contributed by atoms with Gasteiger partial charge in [-0.25, -0.2) is 4.90 Å². The zero-order valence-electron chi connectivity index (χ0n) is 15.2. The van der Waals surface area contributed by atoms with E-state index in [4.69, 9.17) is 5.73 Å². The average molecular weight is 370 g/mol. The smallest absolute Gasteiger partial charge is 0.277 e. The second-order valence-corrected chi connectivity index (χ2v) is 6.13. The molecule has 3 aromatic rings. The maximum absolute atomic E-state index is 12.8. The Bertz CT molecular complexity index is 1110. The van der Waals surface area contributed by atoms with Gasteiger partial charge in [0, 0.05) is 24.5 Å². The number of benzene rings is 3. The molecule has 0 unspecified atom stereocenters. The Balaban J connectivity index is 1.87. The van der Waals surface area contributed by atoms with Gasteiger partial charge in [-0.15, -0.1) is 0 Å². The lowest BCUT2D eigenvalue weighted by atomic mass is 10.1. The highest BCUT2D eigenvalue weighted by Crippen LogP contribution is 2.21. The third-order valence-electron chi connectivity index (χ3n) is 4.15. The fourth-order valence-corrected chi connectivity index (χ4v) is 2.76. The normalized spacial score (nSPS) is 10.9. The largest absolute Gasteiger partial charge is 0.399 e. The minimum atomic E-state index is -0.715. The SMILES string of the molecule is CC(=O)N(C(=O)/C(C#N)=C\Nc1ccc2ccccc2c1)c1ccc(N)cc1. The average Bonchev–Trinajstić information content (AvgIpc) is 2.69. The van der Waals surface area contributed by atoms with Crippen molar-refractivity contribution in [2.45, 2.75) is 6.92 Å². The number of fused-ring (bicyclic) bond motifs is 1. The molecule has 0 fully saturated rings. The van der Waals surface area contributed by atoms with Crippen LogP contribution in [0.25, 0.3) is 10.8 Å². The van der Waals surface area contributed by atoms with Crippen LogP contribution in [0.4, 0.5) is 17.1 Å².